The van der Waals surface area contributed by atoms with Crippen LogP contribution in [0, 0.1) is 0 Å². The molecule has 0 saturated heterocycles. The van der Waals surface area contributed by atoms with Gasteiger partial charge in [-0.05, 0) is 72.9 Å². The van der Waals surface area contributed by atoms with Gasteiger partial charge in [0.2, 0.25) is 0 Å². The lowest BCUT2D eigenvalue weighted by molar-refractivity contribution is 0.640. The Labute approximate surface area is 134 Å². The van der Waals surface area contributed by atoms with E-state index in [1.165, 1.54) is 71.9 Å². The minimum Gasteiger partial charge on any atom is -0.0584 e. The van der Waals surface area contributed by atoms with Gasteiger partial charge in [-0.25, -0.2) is 0 Å². The minimum absolute atomic E-state index is 1.22. The SMILES string of the molecule is C/C1=C(\C)c2ccc(cc2)CCCCCCc2ccc1cc2. The molecule has 0 unspecified atom stereocenters. The van der Waals surface area contributed by atoms with Crippen molar-refractivity contribution in [2.45, 2.75) is 52.4 Å². The molecule has 0 heteroatoms. The van der Waals surface area contributed by atoms with Gasteiger partial charge in [0.1, 0.15) is 0 Å². The average molecular weight is 290 g/mol. The van der Waals surface area contributed by atoms with Gasteiger partial charge in [-0.15, -0.1) is 0 Å². The molecule has 114 valence electrons. The van der Waals surface area contributed by atoms with E-state index in [-0.39, 0.29) is 0 Å². The third-order valence-corrected chi connectivity index (χ3v) is 5.02. The lowest BCUT2D eigenvalue weighted by atomic mass is 9.94. The molecule has 0 aromatic heterocycles. The fourth-order valence-electron chi connectivity index (χ4n) is 3.29. The summed E-state index contributed by atoms with van der Waals surface area (Å²) in [6, 6.07) is 18.4. The van der Waals surface area contributed by atoms with Crippen molar-refractivity contribution in [1.82, 2.24) is 0 Å². The maximum atomic E-state index is 2.31. The van der Waals surface area contributed by atoms with Gasteiger partial charge in [-0.1, -0.05) is 61.4 Å². The summed E-state index contributed by atoms with van der Waals surface area (Å²) in [5.74, 6) is 0. The molecule has 0 nitrogen and oxygen atoms in total. The van der Waals surface area contributed by atoms with Crippen LogP contribution in [-0.2, 0) is 12.8 Å². The summed E-state index contributed by atoms with van der Waals surface area (Å²) < 4.78 is 0. The molecule has 0 spiro atoms. The second kappa shape index (κ2) is 6.96. The van der Waals surface area contributed by atoms with Crippen LogP contribution < -0.4 is 0 Å². The van der Waals surface area contributed by atoms with Crippen LogP contribution in [0.1, 0.15) is 61.8 Å². The fraction of sp³-hybridized carbons (Fsp3) is 0.364. The third-order valence-electron chi connectivity index (χ3n) is 5.02. The Balaban J connectivity index is 1.98. The number of hydrogen-bond donors (Lipinski definition) is 0. The first-order chi connectivity index (χ1) is 10.7. The standard InChI is InChI=1S/C22H26/c1-17-18(2)22-15-11-20(12-16-22)8-6-4-3-5-7-19-9-13-21(17)14-10-19/h9-16H,3-8H2,1-2H3/b18-17-. The van der Waals surface area contributed by atoms with Crippen molar-refractivity contribution >= 4 is 11.1 Å². The van der Waals surface area contributed by atoms with Crippen molar-refractivity contribution in [2.75, 3.05) is 0 Å². The van der Waals surface area contributed by atoms with Gasteiger partial charge in [0.25, 0.3) is 0 Å². The summed E-state index contributed by atoms with van der Waals surface area (Å²) in [5, 5.41) is 0. The zero-order valence-corrected chi connectivity index (χ0v) is 13.9. The van der Waals surface area contributed by atoms with Gasteiger partial charge < -0.3 is 0 Å². The highest BCUT2D eigenvalue weighted by Gasteiger charge is 2.05. The molecule has 0 fully saturated rings. The first kappa shape index (κ1) is 15.1. The lowest BCUT2D eigenvalue weighted by Gasteiger charge is -2.11. The third kappa shape index (κ3) is 3.50. The highest BCUT2D eigenvalue weighted by Crippen LogP contribution is 2.27. The van der Waals surface area contributed by atoms with Crippen molar-refractivity contribution in [3.05, 3.63) is 70.8 Å². The van der Waals surface area contributed by atoms with Crippen LogP contribution in [0.25, 0.3) is 11.1 Å². The molecule has 0 atom stereocenters. The predicted octanol–water partition coefficient (Wildman–Crippen LogP) is 6.30. The smallest absolute Gasteiger partial charge is 0.0224 e. The zero-order valence-electron chi connectivity index (χ0n) is 13.9. The Morgan fingerprint density at radius 1 is 0.500 bits per heavy atom. The van der Waals surface area contributed by atoms with Gasteiger partial charge in [-0.2, -0.15) is 0 Å². The van der Waals surface area contributed by atoms with Crippen LogP contribution >= 0.6 is 0 Å². The van der Waals surface area contributed by atoms with E-state index in [1.807, 2.05) is 0 Å². The molecule has 0 saturated carbocycles. The van der Waals surface area contributed by atoms with Crippen molar-refractivity contribution < 1.29 is 0 Å². The highest BCUT2D eigenvalue weighted by atomic mass is 14.1. The summed E-state index contributed by atoms with van der Waals surface area (Å²) in [7, 11) is 0. The van der Waals surface area contributed by atoms with E-state index in [9.17, 15) is 0 Å². The summed E-state index contributed by atoms with van der Waals surface area (Å²) in [5.41, 5.74) is 8.40. The maximum Gasteiger partial charge on any atom is -0.0224 e. The summed E-state index contributed by atoms with van der Waals surface area (Å²) in [6.07, 6.45) is 7.75. The Morgan fingerprint density at radius 2 is 0.864 bits per heavy atom. The molecular weight excluding hydrogens is 264 g/mol. The summed E-state index contributed by atoms with van der Waals surface area (Å²) >= 11 is 0. The molecule has 2 aromatic rings. The quantitative estimate of drug-likeness (QED) is 0.534. The molecule has 4 bridgehead atoms. The fourth-order valence-corrected chi connectivity index (χ4v) is 3.29. The lowest BCUT2D eigenvalue weighted by Crippen LogP contribution is -1.92. The number of aryl methyl sites for hydroxylation is 2. The van der Waals surface area contributed by atoms with Crippen molar-refractivity contribution in [2.24, 2.45) is 0 Å². The van der Waals surface area contributed by atoms with Crippen LogP contribution in [0.15, 0.2) is 48.5 Å². The predicted molar refractivity (Wildman–Crippen MR) is 96.9 cm³/mol. The van der Waals surface area contributed by atoms with E-state index >= 15 is 0 Å². The summed E-state index contributed by atoms with van der Waals surface area (Å²) in [6.45, 7) is 4.47. The maximum absolute atomic E-state index is 2.31. The monoisotopic (exact) mass is 290 g/mol. The molecular formula is C22H26. The first-order valence-electron chi connectivity index (χ1n) is 8.60. The Kier molecular flexibility index (Phi) is 4.77. The molecule has 0 aliphatic heterocycles. The first-order valence-corrected chi connectivity index (χ1v) is 8.60. The molecule has 0 N–H and O–H groups in total. The second-order valence-corrected chi connectivity index (χ2v) is 6.56. The normalized spacial score (nSPS) is 19.5. The molecule has 0 amide bonds. The van der Waals surface area contributed by atoms with E-state index in [4.69, 9.17) is 0 Å². The minimum atomic E-state index is 1.22. The number of rotatable bonds is 0. The molecule has 22 heavy (non-hydrogen) atoms. The van der Waals surface area contributed by atoms with Crippen LogP contribution in [0.5, 0.6) is 0 Å². The van der Waals surface area contributed by atoms with Crippen molar-refractivity contribution in [3.8, 4) is 0 Å². The molecule has 0 radical (unpaired) electrons. The molecule has 6 rings (SSSR count). The number of hydrogen-bond acceptors (Lipinski definition) is 0. The van der Waals surface area contributed by atoms with Crippen LogP contribution in [-0.4, -0.2) is 0 Å². The van der Waals surface area contributed by atoms with Gasteiger partial charge >= 0.3 is 0 Å². The summed E-state index contributed by atoms with van der Waals surface area (Å²) in [4.78, 5) is 0. The van der Waals surface area contributed by atoms with Gasteiger partial charge in [0.05, 0.1) is 0 Å². The molecule has 4 aliphatic carbocycles. The Bertz CT molecular complexity index is 582. The van der Waals surface area contributed by atoms with E-state index < -0.39 is 0 Å². The van der Waals surface area contributed by atoms with Gasteiger partial charge in [0.15, 0.2) is 0 Å². The van der Waals surface area contributed by atoms with Gasteiger partial charge in [0, 0.05) is 0 Å². The van der Waals surface area contributed by atoms with E-state index in [2.05, 4.69) is 62.4 Å². The zero-order chi connectivity index (χ0) is 15.4. The number of benzene rings is 2. The average Bonchev–Trinajstić information content (AvgIpc) is 2.57. The second-order valence-electron chi connectivity index (χ2n) is 6.56. The van der Waals surface area contributed by atoms with E-state index in [0.29, 0.717) is 0 Å². The Hall–Kier alpha value is -1.82. The van der Waals surface area contributed by atoms with Gasteiger partial charge in [-0.3, -0.25) is 0 Å². The van der Waals surface area contributed by atoms with Crippen LogP contribution in [0.3, 0.4) is 0 Å². The largest absolute Gasteiger partial charge is 0.0584 e. The van der Waals surface area contributed by atoms with Crippen LogP contribution in [0.4, 0.5) is 0 Å². The highest BCUT2D eigenvalue weighted by molar-refractivity contribution is 5.88. The Morgan fingerprint density at radius 3 is 1.23 bits per heavy atom. The van der Waals surface area contributed by atoms with Crippen LogP contribution in [0.2, 0.25) is 0 Å². The van der Waals surface area contributed by atoms with E-state index in [0.717, 1.165) is 0 Å². The van der Waals surface area contributed by atoms with Crippen molar-refractivity contribution in [1.29, 1.82) is 0 Å². The molecule has 0 heterocycles. The van der Waals surface area contributed by atoms with Crippen molar-refractivity contribution in [3.63, 3.8) is 0 Å². The molecule has 4 aliphatic rings. The number of allylic oxidation sites excluding steroid dienone is 2. The topological polar surface area (TPSA) is 0 Å². The molecule has 2 aromatic carbocycles. The van der Waals surface area contributed by atoms with E-state index in [1.54, 1.807) is 0 Å².